The van der Waals surface area contributed by atoms with Gasteiger partial charge in [0.15, 0.2) is 0 Å². The molecular weight excluding hydrogens is 307 g/mol. The van der Waals surface area contributed by atoms with Crippen LogP contribution in [-0.2, 0) is 12.0 Å². The zero-order chi connectivity index (χ0) is 13.9. The van der Waals surface area contributed by atoms with E-state index in [4.69, 9.17) is 0 Å². The van der Waals surface area contributed by atoms with Crippen molar-refractivity contribution >= 4 is 15.9 Å². The molecule has 0 amide bonds. The molecule has 0 aliphatic heterocycles. The molecule has 0 fully saturated rings. The van der Waals surface area contributed by atoms with Gasteiger partial charge in [-0.15, -0.1) is 0 Å². The van der Waals surface area contributed by atoms with Gasteiger partial charge in [-0.05, 0) is 34.0 Å². The van der Waals surface area contributed by atoms with Crippen molar-refractivity contribution in [3.63, 3.8) is 0 Å². The van der Waals surface area contributed by atoms with E-state index in [-0.39, 0.29) is 5.82 Å². The van der Waals surface area contributed by atoms with Crippen LogP contribution >= 0.6 is 15.9 Å². The Morgan fingerprint density at radius 3 is 2.42 bits per heavy atom. The Labute approximate surface area is 121 Å². The first kappa shape index (κ1) is 14.2. The van der Waals surface area contributed by atoms with E-state index in [9.17, 15) is 9.50 Å². The Hall–Kier alpha value is -1.19. The first-order chi connectivity index (χ1) is 9.07. The smallest absolute Gasteiger partial charge is 0.143 e. The molecule has 0 heterocycles. The number of rotatable bonds is 4. The fraction of sp³-hybridized carbons (Fsp3) is 0.250. The molecular formula is C16H16BrFO. The van der Waals surface area contributed by atoms with Crippen LogP contribution in [0.5, 0.6) is 0 Å². The van der Waals surface area contributed by atoms with E-state index in [2.05, 4.69) is 15.9 Å². The Morgan fingerprint density at radius 2 is 1.79 bits per heavy atom. The Kier molecular flexibility index (Phi) is 4.38. The van der Waals surface area contributed by atoms with Gasteiger partial charge >= 0.3 is 0 Å². The van der Waals surface area contributed by atoms with Gasteiger partial charge in [0.2, 0.25) is 0 Å². The molecule has 0 spiro atoms. The second-order valence-corrected chi connectivity index (χ2v) is 5.50. The lowest BCUT2D eigenvalue weighted by Gasteiger charge is -2.28. The summed E-state index contributed by atoms with van der Waals surface area (Å²) in [6.07, 6.45) is 0.854. The number of hydrogen-bond acceptors (Lipinski definition) is 1. The molecule has 0 aliphatic rings. The third kappa shape index (κ3) is 3.04. The van der Waals surface area contributed by atoms with E-state index in [1.54, 1.807) is 18.2 Å². The van der Waals surface area contributed by atoms with E-state index in [1.165, 1.54) is 0 Å². The molecule has 1 unspecified atom stereocenters. The van der Waals surface area contributed by atoms with Gasteiger partial charge < -0.3 is 5.11 Å². The van der Waals surface area contributed by atoms with Crippen molar-refractivity contribution in [1.29, 1.82) is 0 Å². The van der Waals surface area contributed by atoms with Gasteiger partial charge in [0.1, 0.15) is 5.82 Å². The summed E-state index contributed by atoms with van der Waals surface area (Å²) < 4.78 is 14.6. The van der Waals surface area contributed by atoms with Crippen LogP contribution in [0.4, 0.5) is 4.39 Å². The molecule has 2 aromatic rings. The molecule has 0 aromatic heterocycles. The highest BCUT2D eigenvalue weighted by Crippen LogP contribution is 2.33. The highest BCUT2D eigenvalue weighted by atomic mass is 79.9. The lowest BCUT2D eigenvalue weighted by molar-refractivity contribution is 0.0290. The summed E-state index contributed by atoms with van der Waals surface area (Å²) >= 11 is 3.17. The highest BCUT2D eigenvalue weighted by molar-refractivity contribution is 9.10. The van der Waals surface area contributed by atoms with E-state index in [1.807, 2.05) is 37.3 Å². The predicted molar refractivity (Wildman–Crippen MR) is 78.4 cm³/mol. The van der Waals surface area contributed by atoms with Crippen molar-refractivity contribution in [2.45, 2.75) is 25.4 Å². The van der Waals surface area contributed by atoms with Crippen molar-refractivity contribution in [1.82, 2.24) is 0 Å². The summed E-state index contributed by atoms with van der Waals surface area (Å²) in [6.45, 7) is 1.86. The average molecular weight is 323 g/mol. The molecule has 0 radical (unpaired) electrons. The van der Waals surface area contributed by atoms with Crippen molar-refractivity contribution < 1.29 is 9.50 Å². The summed E-state index contributed by atoms with van der Waals surface area (Å²) in [5, 5.41) is 10.8. The van der Waals surface area contributed by atoms with Gasteiger partial charge in [-0.3, -0.25) is 0 Å². The quantitative estimate of drug-likeness (QED) is 0.882. The summed E-state index contributed by atoms with van der Waals surface area (Å²) in [4.78, 5) is 0. The molecule has 0 bridgehead atoms. The largest absolute Gasteiger partial charge is 0.385 e. The molecule has 1 N–H and O–H groups in total. The van der Waals surface area contributed by atoms with Crippen LogP contribution in [0.15, 0.2) is 53.0 Å². The van der Waals surface area contributed by atoms with Gasteiger partial charge in [-0.25, -0.2) is 4.39 Å². The van der Waals surface area contributed by atoms with Crippen LogP contribution in [0.3, 0.4) is 0 Å². The molecule has 2 aromatic carbocycles. The first-order valence-electron chi connectivity index (χ1n) is 6.27. The number of benzene rings is 2. The molecule has 0 aliphatic carbocycles. The van der Waals surface area contributed by atoms with Crippen LogP contribution < -0.4 is 0 Å². The fourth-order valence-electron chi connectivity index (χ4n) is 2.21. The minimum absolute atomic E-state index is 0.341. The zero-order valence-electron chi connectivity index (χ0n) is 10.7. The molecule has 2 rings (SSSR count). The Bertz CT molecular complexity index is 556. The van der Waals surface area contributed by atoms with E-state index in [0.29, 0.717) is 22.9 Å². The zero-order valence-corrected chi connectivity index (χ0v) is 12.3. The van der Waals surface area contributed by atoms with Crippen LogP contribution in [-0.4, -0.2) is 5.11 Å². The maximum atomic E-state index is 14.2. The SMILES string of the molecule is CCC(O)(Cc1ccccc1)c1cccc(Br)c1F. The second kappa shape index (κ2) is 5.85. The number of hydrogen-bond donors (Lipinski definition) is 1. The van der Waals surface area contributed by atoms with Gasteiger partial charge in [0, 0.05) is 12.0 Å². The lowest BCUT2D eigenvalue weighted by atomic mass is 9.85. The Morgan fingerprint density at radius 1 is 1.11 bits per heavy atom. The second-order valence-electron chi connectivity index (χ2n) is 4.65. The maximum absolute atomic E-state index is 14.2. The molecule has 0 saturated heterocycles. The maximum Gasteiger partial charge on any atom is 0.143 e. The fourth-order valence-corrected chi connectivity index (χ4v) is 2.57. The van der Waals surface area contributed by atoms with Crippen LogP contribution in [0, 0.1) is 5.82 Å². The molecule has 1 nitrogen and oxygen atoms in total. The van der Waals surface area contributed by atoms with Gasteiger partial charge in [0.25, 0.3) is 0 Å². The summed E-state index contributed by atoms with van der Waals surface area (Å²) in [6, 6.07) is 14.7. The van der Waals surface area contributed by atoms with Crippen molar-refractivity contribution in [3.05, 3.63) is 69.9 Å². The van der Waals surface area contributed by atoms with Crippen molar-refractivity contribution in [3.8, 4) is 0 Å². The monoisotopic (exact) mass is 322 g/mol. The van der Waals surface area contributed by atoms with Crippen LogP contribution in [0.1, 0.15) is 24.5 Å². The summed E-state index contributed by atoms with van der Waals surface area (Å²) in [7, 11) is 0. The molecule has 0 saturated carbocycles. The average Bonchev–Trinajstić information content (AvgIpc) is 2.43. The number of aliphatic hydroxyl groups is 1. The van der Waals surface area contributed by atoms with Crippen LogP contribution in [0.25, 0.3) is 0 Å². The summed E-state index contributed by atoms with van der Waals surface area (Å²) in [5.74, 6) is -0.386. The lowest BCUT2D eigenvalue weighted by Crippen LogP contribution is -2.29. The first-order valence-corrected chi connectivity index (χ1v) is 7.07. The standard InChI is InChI=1S/C16H16BrFO/c1-2-16(19,11-12-7-4-3-5-8-12)13-9-6-10-14(17)15(13)18/h3-10,19H,2,11H2,1H3. The van der Waals surface area contributed by atoms with E-state index in [0.717, 1.165) is 5.56 Å². The molecule has 19 heavy (non-hydrogen) atoms. The predicted octanol–water partition coefficient (Wildman–Crippen LogP) is 4.43. The van der Waals surface area contributed by atoms with Crippen LogP contribution in [0.2, 0.25) is 0 Å². The van der Waals surface area contributed by atoms with E-state index >= 15 is 0 Å². The summed E-state index contributed by atoms with van der Waals surface area (Å²) in [5.41, 5.74) is 0.148. The third-order valence-electron chi connectivity index (χ3n) is 3.38. The number of halogens is 2. The molecule has 1 atom stereocenters. The van der Waals surface area contributed by atoms with Gasteiger partial charge in [-0.2, -0.15) is 0 Å². The van der Waals surface area contributed by atoms with Gasteiger partial charge in [-0.1, -0.05) is 49.4 Å². The normalized spacial score (nSPS) is 14.1. The molecule has 100 valence electrons. The van der Waals surface area contributed by atoms with E-state index < -0.39 is 5.60 Å². The minimum atomic E-state index is -1.19. The third-order valence-corrected chi connectivity index (χ3v) is 3.99. The van der Waals surface area contributed by atoms with Crippen molar-refractivity contribution in [2.24, 2.45) is 0 Å². The van der Waals surface area contributed by atoms with Crippen molar-refractivity contribution in [2.75, 3.05) is 0 Å². The Balaban J connectivity index is 2.40. The van der Waals surface area contributed by atoms with Gasteiger partial charge in [0.05, 0.1) is 10.1 Å². The highest BCUT2D eigenvalue weighted by Gasteiger charge is 2.31. The minimum Gasteiger partial charge on any atom is -0.385 e. The molecule has 3 heteroatoms. The topological polar surface area (TPSA) is 20.2 Å².